The minimum atomic E-state index is -0.0347. The van der Waals surface area contributed by atoms with Crippen LogP contribution >= 0.6 is 0 Å². The van der Waals surface area contributed by atoms with Crippen LogP contribution in [-0.4, -0.2) is 25.1 Å². The van der Waals surface area contributed by atoms with Crippen LogP contribution in [0, 0.1) is 6.92 Å². The third-order valence-corrected chi connectivity index (χ3v) is 1.02. The fourth-order valence-electron chi connectivity index (χ4n) is 0.410. The van der Waals surface area contributed by atoms with Crippen molar-refractivity contribution >= 4 is 5.91 Å². The number of hydroxylamine groups is 2. The molecule has 0 aliphatic heterocycles. The van der Waals surface area contributed by atoms with Crippen LogP contribution in [0.3, 0.4) is 0 Å². The molecule has 0 saturated carbocycles. The first-order chi connectivity index (χ1) is 4.22. The molecular formula is C6H12NO2. The Labute approximate surface area is 55.6 Å². The number of hydrogen-bond acceptors (Lipinski definition) is 2. The topological polar surface area (TPSA) is 29.5 Å². The minimum Gasteiger partial charge on any atom is -0.275 e. The van der Waals surface area contributed by atoms with E-state index in [4.69, 9.17) is 0 Å². The summed E-state index contributed by atoms with van der Waals surface area (Å²) in [5.74, 6) is -0.0347. The maximum Gasteiger partial charge on any atom is 0.245 e. The Hall–Kier alpha value is -0.570. The highest BCUT2D eigenvalue weighted by molar-refractivity contribution is 5.74. The Morgan fingerprint density at radius 3 is 2.67 bits per heavy atom. The summed E-state index contributed by atoms with van der Waals surface area (Å²) in [5.41, 5.74) is 0. The molecule has 0 spiro atoms. The Bertz CT molecular complexity index is 93.1. The normalized spacial score (nSPS) is 9.22. The first-order valence-corrected chi connectivity index (χ1v) is 2.82. The SMILES string of the molecule is [CH2]CCC(=O)N(C)OC. The van der Waals surface area contributed by atoms with Crippen LogP contribution in [0.2, 0.25) is 0 Å². The molecule has 0 fully saturated rings. The van der Waals surface area contributed by atoms with E-state index in [1.165, 1.54) is 12.2 Å². The molecule has 0 aromatic heterocycles. The molecule has 0 atom stereocenters. The van der Waals surface area contributed by atoms with Crippen LogP contribution < -0.4 is 0 Å². The molecule has 9 heavy (non-hydrogen) atoms. The Balaban J connectivity index is 3.46. The van der Waals surface area contributed by atoms with Crippen molar-refractivity contribution in [3.8, 4) is 0 Å². The molecule has 1 radical (unpaired) electrons. The molecule has 1 amide bonds. The lowest BCUT2D eigenvalue weighted by Gasteiger charge is -2.11. The molecule has 53 valence electrons. The van der Waals surface area contributed by atoms with Crippen molar-refractivity contribution in [1.82, 2.24) is 5.06 Å². The van der Waals surface area contributed by atoms with Crippen molar-refractivity contribution in [2.45, 2.75) is 12.8 Å². The van der Waals surface area contributed by atoms with Crippen LogP contribution in [-0.2, 0) is 9.63 Å². The molecule has 0 aliphatic carbocycles. The molecule has 0 rings (SSSR count). The molecule has 0 saturated heterocycles. The number of amides is 1. The van der Waals surface area contributed by atoms with Crippen molar-refractivity contribution in [3.05, 3.63) is 6.92 Å². The van der Waals surface area contributed by atoms with Gasteiger partial charge in [-0.25, -0.2) is 5.06 Å². The van der Waals surface area contributed by atoms with E-state index >= 15 is 0 Å². The van der Waals surface area contributed by atoms with E-state index in [0.717, 1.165) is 0 Å². The van der Waals surface area contributed by atoms with Crippen molar-refractivity contribution in [2.24, 2.45) is 0 Å². The first-order valence-electron chi connectivity index (χ1n) is 2.82. The highest BCUT2D eigenvalue weighted by atomic mass is 16.7. The molecule has 3 nitrogen and oxygen atoms in total. The predicted octanol–water partition coefficient (Wildman–Crippen LogP) is 0.620. The van der Waals surface area contributed by atoms with Gasteiger partial charge in [0.15, 0.2) is 0 Å². The average molecular weight is 130 g/mol. The zero-order valence-electron chi connectivity index (χ0n) is 5.89. The largest absolute Gasteiger partial charge is 0.275 e. The monoisotopic (exact) mass is 130 g/mol. The molecule has 0 aliphatic rings. The molecule has 0 unspecified atom stereocenters. The van der Waals surface area contributed by atoms with Gasteiger partial charge in [0, 0.05) is 13.5 Å². The fraction of sp³-hybridized carbons (Fsp3) is 0.667. The van der Waals surface area contributed by atoms with Gasteiger partial charge in [0.25, 0.3) is 0 Å². The second-order valence-corrected chi connectivity index (χ2v) is 1.68. The summed E-state index contributed by atoms with van der Waals surface area (Å²) in [6.45, 7) is 3.54. The van der Waals surface area contributed by atoms with Crippen LogP contribution in [0.1, 0.15) is 12.8 Å². The second-order valence-electron chi connectivity index (χ2n) is 1.68. The van der Waals surface area contributed by atoms with E-state index in [1.807, 2.05) is 0 Å². The van der Waals surface area contributed by atoms with Crippen LogP contribution in [0.25, 0.3) is 0 Å². The maximum atomic E-state index is 10.7. The lowest BCUT2D eigenvalue weighted by molar-refractivity contribution is -0.168. The smallest absolute Gasteiger partial charge is 0.245 e. The summed E-state index contributed by atoms with van der Waals surface area (Å²) < 4.78 is 0. The summed E-state index contributed by atoms with van der Waals surface area (Å²) in [4.78, 5) is 15.4. The lowest BCUT2D eigenvalue weighted by Crippen LogP contribution is -2.24. The van der Waals surface area contributed by atoms with Crippen LogP contribution in [0.15, 0.2) is 0 Å². The predicted molar refractivity (Wildman–Crippen MR) is 34.4 cm³/mol. The average Bonchev–Trinajstić information content (AvgIpc) is 1.87. The van der Waals surface area contributed by atoms with Crippen LogP contribution in [0.5, 0.6) is 0 Å². The molecule has 0 heterocycles. The van der Waals surface area contributed by atoms with Gasteiger partial charge in [0.1, 0.15) is 0 Å². The molecule has 0 bridgehead atoms. The zero-order chi connectivity index (χ0) is 7.28. The van der Waals surface area contributed by atoms with Crippen LogP contribution in [0.4, 0.5) is 0 Å². The maximum absolute atomic E-state index is 10.7. The second kappa shape index (κ2) is 4.32. The van der Waals surface area contributed by atoms with E-state index in [-0.39, 0.29) is 5.91 Å². The standard InChI is InChI=1S/C6H12NO2/c1-4-5-6(8)7(2)9-3/h1,4-5H2,2-3H3. The molecule has 3 heteroatoms. The minimum absolute atomic E-state index is 0.0347. The van der Waals surface area contributed by atoms with Gasteiger partial charge in [-0.2, -0.15) is 0 Å². The van der Waals surface area contributed by atoms with Gasteiger partial charge in [-0.3, -0.25) is 9.63 Å². The first kappa shape index (κ1) is 8.43. The van der Waals surface area contributed by atoms with Crippen molar-refractivity contribution < 1.29 is 9.63 Å². The quantitative estimate of drug-likeness (QED) is 0.524. The fourth-order valence-corrected chi connectivity index (χ4v) is 0.410. The number of carbonyl (C=O) groups excluding carboxylic acids is 1. The number of hydrogen-bond donors (Lipinski definition) is 0. The van der Waals surface area contributed by atoms with Gasteiger partial charge in [0.05, 0.1) is 7.11 Å². The van der Waals surface area contributed by atoms with Gasteiger partial charge in [0.2, 0.25) is 5.91 Å². The Morgan fingerprint density at radius 1 is 1.78 bits per heavy atom. The van der Waals surface area contributed by atoms with Gasteiger partial charge in [-0.15, -0.1) is 0 Å². The zero-order valence-corrected chi connectivity index (χ0v) is 5.89. The van der Waals surface area contributed by atoms with Crippen molar-refractivity contribution in [1.29, 1.82) is 0 Å². The lowest BCUT2D eigenvalue weighted by atomic mass is 10.3. The summed E-state index contributed by atoms with van der Waals surface area (Å²) in [6.07, 6.45) is 1.07. The Kier molecular flexibility index (Phi) is 4.05. The van der Waals surface area contributed by atoms with E-state index in [0.29, 0.717) is 12.8 Å². The summed E-state index contributed by atoms with van der Waals surface area (Å²) in [5, 5.41) is 1.20. The highest BCUT2D eigenvalue weighted by Crippen LogP contribution is 1.92. The summed E-state index contributed by atoms with van der Waals surface area (Å²) >= 11 is 0. The summed E-state index contributed by atoms with van der Waals surface area (Å²) in [6, 6.07) is 0. The highest BCUT2D eigenvalue weighted by Gasteiger charge is 2.03. The molecule has 0 N–H and O–H groups in total. The number of rotatable bonds is 3. The van der Waals surface area contributed by atoms with Crippen molar-refractivity contribution in [3.63, 3.8) is 0 Å². The summed E-state index contributed by atoms with van der Waals surface area (Å²) in [7, 11) is 3.04. The van der Waals surface area contributed by atoms with Gasteiger partial charge in [-0.05, 0) is 6.42 Å². The molecule has 0 aromatic carbocycles. The van der Waals surface area contributed by atoms with Gasteiger partial charge < -0.3 is 0 Å². The van der Waals surface area contributed by atoms with E-state index in [1.54, 1.807) is 7.05 Å². The van der Waals surface area contributed by atoms with Crippen molar-refractivity contribution in [2.75, 3.05) is 14.2 Å². The van der Waals surface area contributed by atoms with E-state index in [2.05, 4.69) is 11.8 Å². The van der Waals surface area contributed by atoms with E-state index in [9.17, 15) is 4.79 Å². The number of nitrogens with zero attached hydrogens (tertiary/aromatic N) is 1. The van der Waals surface area contributed by atoms with Gasteiger partial charge in [-0.1, -0.05) is 6.92 Å². The molecule has 0 aromatic rings. The molecular weight excluding hydrogens is 118 g/mol. The van der Waals surface area contributed by atoms with Gasteiger partial charge >= 0.3 is 0 Å². The number of carbonyl (C=O) groups is 1. The third kappa shape index (κ3) is 3.08. The third-order valence-electron chi connectivity index (χ3n) is 1.02. The Morgan fingerprint density at radius 2 is 2.33 bits per heavy atom. The van der Waals surface area contributed by atoms with E-state index < -0.39 is 0 Å².